The van der Waals surface area contributed by atoms with Gasteiger partial charge in [0, 0.05) is 43.0 Å². The van der Waals surface area contributed by atoms with E-state index in [9.17, 15) is 4.79 Å². The smallest absolute Gasteiger partial charge is 0.246 e. The van der Waals surface area contributed by atoms with Gasteiger partial charge in [0.25, 0.3) is 0 Å². The minimum Gasteiger partial charge on any atom is -0.497 e. The molecule has 1 aliphatic rings. The van der Waals surface area contributed by atoms with Crippen molar-refractivity contribution in [2.45, 2.75) is 18.9 Å². The minimum absolute atomic E-state index is 0.00952. The van der Waals surface area contributed by atoms with Crippen LogP contribution < -0.4 is 14.8 Å². The quantitative estimate of drug-likeness (QED) is 0.845. The number of carbonyl (C=O) groups excluding carboxylic acids is 1. The van der Waals surface area contributed by atoms with Gasteiger partial charge in [-0.2, -0.15) is 0 Å². The third kappa shape index (κ3) is 3.90. The largest absolute Gasteiger partial charge is 0.497 e. The van der Waals surface area contributed by atoms with Gasteiger partial charge in [-0.3, -0.25) is 4.79 Å². The van der Waals surface area contributed by atoms with Crippen molar-refractivity contribution in [3.63, 3.8) is 0 Å². The Hall–Kier alpha value is -2.17. The van der Waals surface area contributed by atoms with E-state index in [0.717, 1.165) is 36.6 Å². The lowest BCUT2D eigenvalue weighted by atomic mass is 10.1. The summed E-state index contributed by atoms with van der Waals surface area (Å²) < 4.78 is 10.5. The van der Waals surface area contributed by atoms with Gasteiger partial charge >= 0.3 is 0 Å². The Balaban J connectivity index is 2.06. The molecule has 1 fully saturated rings. The minimum atomic E-state index is -0.00952. The van der Waals surface area contributed by atoms with Crippen LogP contribution in [0.15, 0.2) is 30.9 Å². The van der Waals surface area contributed by atoms with Crippen molar-refractivity contribution in [1.82, 2.24) is 4.90 Å². The second kappa shape index (κ2) is 7.02. The summed E-state index contributed by atoms with van der Waals surface area (Å²) in [7, 11) is 3.26. The van der Waals surface area contributed by atoms with Gasteiger partial charge in [0.05, 0.1) is 14.2 Å². The predicted molar refractivity (Wildman–Crippen MR) is 83.0 cm³/mol. The Kier molecular flexibility index (Phi) is 5.09. The molecule has 0 aliphatic carbocycles. The molecule has 21 heavy (non-hydrogen) atoms. The molecule has 0 radical (unpaired) electrons. The third-order valence-electron chi connectivity index (χ3n) is 3.63. The van der Waals surface area contributed by atoms with Crippen LogP contribution in [-0.2, 0) is 4.79 Å². The van der Waals surface area contributed by atoms with Crippen molar-refractivity contribution in [1.29, 1.82) is 0 Å². The van der Waals surface area contributed by atoms with Crippen LogP contribution in [0.3, 0.4) is 0 Å². The number of carbonyl (C=O) groups is 1. The fraction of sp³-hybridized carbons (Fsp3) is 0.438. The number of nitrogens with zero attached hydrogens (tertiary/aromatic N) is 1. The maximum absolute atomic E-state index is 11.7. The highest BCUT2D eigenvalue weighted by Crippen LogP contribution is 2.27. The zero-order valence-electron chi connectivity index (χ0n) is 12.6. The van der Waals surface area contributed by atoms with Crippen LogP contribution in [0, 0.1) is 0 Å². The molecule has 1 aromatic carbocycles. The number of likely N-dealkylation sites (tertiary alicyclic amines) is 1. The summed E-state index contributed by atoms with van der Waals surface area (Å²) in [6.45, 7) is 5.03. The van der Waals surface area contributed by atoms with E-state index in [-0.39, 0.29) is 11.9 Å². The van der Waals surface area contributed by atoms with E-state index in [4.69, 9.17) is 9.47 Å². The molecule has 1 amide bonds. The second-order valence-electron chi connectivity index (χ2n) is 5.07. The topological polar surface area (TPSA) is 50.8 Å². The summed E-state index contributed by atoms with van der Waals surface area (Å²) in [5.74, 6) is 1.48. The number of methoxy groups -OCH3 is 2. The first-order valence-electron chi connectivity index (χ1n) is 7.07. The van der Waals surface area contributed by atoms with Gasteiger partial charge in [0.1, 0.15) is 11.5 Å². The molecule has 1 unspecified atom stereocenters. The molecule has 2 rings (SSSR count). The molecule has 0 bridgehead atoms. The standard InChI is InChI=1S/C16H22N2O3/c1-4-16(19)18-7-5-6-12(11-18)17-13-8-14(20-2)10-15(9-13)21-3/h4,8-10,12,17H,1,5-7,11H2,2-3H3. The maximum Gasteiger partial charge on any atom is 0.246 e. The Morgan fingerprint density at radius 1 is 1.33 bits per heavy atom. The van der Waals surface area contributed by atoms with Crippen LogP contribution in [0.4, 0.5) is 5.69 Å². The Morgan fingerprint density at radius 3 is 2.57 bits per heavy atom. The van der Waals surface area contributed by atoms with Crippen molar-refractivity contribution < 1.29 is 14.3 Å². The number of benzene rings is 1. The number of ether oxygens (including phenoxy) is 2. The Bertz CT molecular complexity index is 494. The SMILES string of the molecule is C=CC(=O)N1CCCC(Nc2cc(OC)cc(OC)c2)C1. The van der Waals surface area contributed by atoms with Gasteiger partial charge in [0.15, 0.2) is 0 Å². The van der Waals surface area contributed by atoms with E-state index in [1.807, 2.05) is 23.1 Å². The number of nitrogens with one attached hydrogen (secondary N) is 1. The number of hydrogen-bond donors (Lipinski definition) is 1. The van der Waals surface area contributed by atoms with E-state index in [1.54, 1.807) is 14.2 Å². The van der Waals surface area contributed by atoms with Crippen molar-refractivity contribution >= 4 is 11.6 Å². The lowest BCUT2D eigenvalue weighted by molar-refractivity contribution is -0.127. The molecule has 0 aromatic heterocycles. The Labute approximate surface area is 125 Å². The summed E-state index contributed by atoms with van der Waals surface area (Å²) in [6, 6.07) is 5.91. The molecule has 5 nitrogen and oxygen atoms in total. The highest BCUT2D eigenvalue weighted by molar-refractivity contribution is 5.87. The molecular weight excluding hydrogens is 268 g/mol. The van der Waals surface area contributed by atoms with Crippen molar-refractivity contribution in [2.75, 3.05) is 32.6 Å². The lowest BCUT2D eigenvalue weighted by Crippen LogP contribution is -2.44. The molecule has 1 aliphatic heterocycles. The summed E-state index contributed by atoms with van der Waals surface area (Å²) in [4.78, 5) is 13.5. The lowest BCUT2D eigenvalue weighted by Gasteiger charge is -2.33. The molecule has 5 heteroatoms. The van der Waals surface area contributed by atoms with Gasteiger partial charge in [-0.15, -0.1) is 0 Å². The van der Waals surface area contributed by atoms with Crippen LogP contribution in [-0.4, -0.2) is 44.2 Å². The first-order valence-corrected chi connectivity index (χ1v) is 7.07. The van der Waals surface area contributed by atoms with Gasteiger partial charge < -0.3 is 19.7 Å². The molecule has 1 N–H and O–H groups in total. The molecule has 114 valence electrons. The second-order valence-corrected chi connectivity index (χ2v) is 5.07. The molecule has 1 saturated heterocycles. The summed E-state index contributed by atoms with van der Waals surface area (Å²) in [5.41, 5.74) is 0.934. The van der Waals surface area contributed by atoms with Gasteiger partial charge in [-0.1, -0.05) is 6.58 Å². The van der Waals surface area contributed by atoms with E-state index in [1.165, 1.54) is 6.08 Å². The molecule has 1 aromatic rings. The van der Waals surface area contributed by atoms with Crippen molar-refractivity contribution in [3.05, 3.63) is 30.9 Å². The van der Waals surface area contributed by atoms with Gasteiger partial charge in [0.2, 0.25) is 5.91 Å². The van der Waals surface area contributed by atoms with Gasteiger partial charge in [-0.25, -0.2) is 0 Å². The number of hydrogen-bond acceptors (Lipinski definition) is 4. The van der Waals surface area contributed by atoms with Crippen LogP contribution in [0.2, 0.25) is 0 Å². The third-order valence-corrected chi connectivity index (χ3v) is 3.63. The van der Waals surface area contributed by atoms with Crippen LogP contribution in [0.1, 0.15) is 12.8 Å². The maximum atomic E-state index is 11.7. The van der Waals surface area contributed by atoms with Crippen LogP contribution >= 0.6 is 0 Å². The summed E-state index contributed by atoms with van der Waals surface area (Å²) in [6.07, 6.45) is 3.38. The number of rotatable bonds is 5. The van der Waals surface area contributed by atoms with Crippen LogP contribution in [0.5, 0.6) is 11.5 Å². The van der Waals surface area contributed by atoms with Crippen molar-refractivity contribution in [3.8, 4) is 11.5 Å². The number of amides is 1. The molecule has 1 heterocycles. The summed E-state index contributed by atoms with van der Waals surface area (Å²) in [5, 5.41) is 3.45. The Morgan fingerprint density at radius 2 is 2.00 bits per heavy atom. The van der Waals surface area contributed by atoms with E-state index in [2.05, 4.69) is 11.9 Å². The fourth-order valence-electron chi connectivity index (χ4n) is 2.55. The van der Waals surface area contributed by atoms with Crippen molar-refractivity contribution in [2.24, 2.45) is 0 Å². The molecule has 0 spiro atoms. The van der Waals surface area contributed by atoms with Gasteiger partial charge in [-0.05, 0) is 18.9 Å². The van der Waals surface area contributed by atoms with Crippen LogP contribution in [0.25, 0.3) is 0 Å². The molecule has 0 saturated carbocycles. The highest BCUT2D eigenvalue weighted by Gasteiger charge is 2.22. The zero-order chi connectivity index (χ0) is 15.2. The predicted octanol–water partition coefficient (Wildman–Crippen LogP) is 2.29. The number of piperidine rings is 1. The first-order chi connectivity index (χ1) is 10.2. The fourth-order valence-corrected chi connectivity index (χ4v) is 2.55. The molecular formula is C16H22N2O3. The average Bonchev–Trinajstić information content (AvgIpc) is 2.53. The average molecular weight is 290 g/mol. The highest BCUT2D eigenvalue weighted by atomic mass is 16.5. The monoisotopic (exact) mass is 290 g/mol. The zero-order valence-corrected chi connectivity index (χ0v) is 12.6. The number of anilines is 1. The van der Waals surface area contributed by atoms with E-state index < -0.39 is 0 Å². The first kappa shape index (κ1) is 15.2. The van der Waals surface area contributed by atoms with E-state index >= 15 is 0 Å². The summed E-state index contributed by atoms with van der Waals surface area (Å²) >= 11 is 0. The normalized spacial score (nSPS) is 18.0. The van der Waals surface area contributed by atoms with E-state index in [0.29, 0.717) is 6.54 Å². The molecule has 1 atom stereocenters.